The van der Waals surface area contributed by atoms with E-state index in [0.717, 1.165) is 22.7 Å². The van der Waals surface area contributed by atoms with Crippen LogP contribution < -0.4 is 4.74 Å². The molecule has 3 rings (SSSR count). The van der Waals surface area contributed by atoms with Gasteiger partial charge in [0.2, 0.25) is 0 Å². The average Bonchev–Trinajstić information content (AvgIpc) is 3.06. The molecule has 1 aromatic heterocycles. The van der Waals surface area contributed by atoms with E-state index in [4.69, 9.17) is 10.00 Å². The summed E-state index contributed by atoms with van der Waals surface area (Å²) in [5.74, 6) is 0.839. The molecule has 0 saturated carbocycles. The van der Waals surface area contributed by atoms with Crippen molar-refractivity contribution >= 4 is 0 Å². The van der Waals surface area contributed by atoms with E-state index in [1.54, 1.807) is 16.8 Å². The first-order valence-corrected chi connectivity index (χ1v) is 6.96. The fourth-order valence-electron chi connectivity index (χ4n) is 2.10. The smallest absolute Gasteiger partial charge is 0.119 e. The second-order valence-corrected chi connectivity index (χ2v) is 4.66. The molecule has 5 nitrogen and oxygen atoms in total. The van der Waals surface area contributed by atoms with Crippen LogP contribution in [0.3, 0.4) is 0 Å². The Kier molecular flexibility index (Phi) is 3.84. The van der Waals surface area contributed by atoms with Gasteiger partial charge >= 0.3 is 0 Å². The van der Waals surface area contributed by atoms with Crippen molar-refractivity contribution in [3.05, 3.63) is 60.3 Å². The molecule has 0 aliphatic heterocycles. The van der Waals surface area contributed by atoms with Crippen LogP contribution in [0.15, 0.2) is 54.7 Å². The van der Waals surface area contributed by atoms with Gasteiger partial charge in [0.05, 0.1) is 30.1 Å². The standard InChI is InChI=1S/C17H14N4O/c1-2-22-16-9-5-14(6-10-16)17-12-21(20-19-17)15-7-3-13(11-18)4-8-15/h3-10,12H,2H2,1H3. The van der Waals surface area contributed by atoms with Crippen molar-refractivity contribution in [1.29, 1.82) is 5.26 Å². The van der Waals surface area contributed by atoms with E-state index in [-0.39, 0.29) is 0 Å². The zero-order valence-electron chi connectivity index (χ0n) is 12.1. The Morgan fingerprint density at radius 3 is 2.45 bits per heavy atom. The first kappa shape index (κ1) is 13.8. The molecule has 0 N–H and O–H groups in total. The van der Waals surface area contributed by atoms with Crippen LogP contribution in [0.5, 0.6) is 5.75 Å². The van der Waals surface area contributed by atoms with Gasteiger partial charge in [0.25, 0.3) is 0 Å². The molecule has 3 aromatic rings. The molecule has 22 heavy (non-hydrogen) atoms. The average molecular weight is 290 g/mol. The Bertz CT molecular complexity index is 798. The van der Waals surface area contributed by atoms with Crippen LogP contribution in [0, 0.1) is 11.3 Å². The highest BCUT2D eigenvalue weighted by Gasteiger charge is 2.06. The lowest BCUT2D eigenvalue weighted by molar-refractivity contribution is 0.340. The van der Waals surface area contributed by atoms with Gasteiger partial charge in [-0.25, -0.2) is 4.68 Å². The molecule has 0 fully saturated rings. The van der Waals surface area contributed by atoms with Gasteiger partial charge in [-0.1, -0.05) is 5.21 Å². The van der Waals surface area contributed by atoms with Crippen molar-refractivity contribution in [3.8, 4) is 28.8 Å². The van der Waals surface area contributed by atoms with Crippen molar-refractivity contribution in [1.82, 2.24) is 15.0 Å². The molecule has 0 bridgehead atoms. The minimum absolute atomic E-state index is 0.621. The molecule has 5 heteroatoms. The van der Waals surface area contributed by atoms with Gasteiger partial charge in [-0.3, -0.25) is 0 Å². The molecule has 108 valence electrons. The highest BCUT2D eigenvalue weighted by Crippen LogP contribution is 2.21. The second kappa shape index (κ2) is 6.10. The summed E-state index contributed by atoms with van der Waals surface area (Å²) in [5.41, 5.74) is 3.25. The predicted octanol–water partition coefficient (Wildman–Crippen LogP) is 3.20. The third-order valence-electron chi connectivity index (χ3n) is 3.22. The molecular formula is C17H14N4O. The van der Waals surface area contributed by atoms with E-state index in [2.05, 4.69) is 16.4 Å². The SMILES string of the molecule is CCOc1ccc(-c2cn(-c3ccc(C#N)cc3)nn2)cc1. The first-order valence-electron chi connectivity index (χ1n) is 6.96. The topological polar surface area (TPSA) is 63.7 Å². The number of ether oxygens (including phenoxy) is 1. The maximum Gasteiger partial charge on any atom is 0.119 e. The van der Waals surface area contributed by atoms with Crippen molar-refractivity contribution in [2.45, 2.75) is 6.92 Å². The quantitative estimate of drug-likeness (QED) is 0.740. The molecule has 0 amide bonds. The Morgan fingerprint density at radius 2 is 1.82 bits per heavy atom. The van der Waals surface area contributed by atoms with Crippen LogP contribution in [0.2, 0.25) is 0 Å². The molecule has 1 heterocycles. The predicted molar refractivity (Wildman–Crippen MR) is 82.7 cm³/mol. The Labute approximate surface area is 128 Å². The summed E-state index contributed by atoms with van der Waals surface area (Å²) in [5, 5.41) is 17.1. The van der Waals surface area contributed by atoms with E-state index in [0.29, 0.717) is 12.2 Å². The van der Waals surface area contributed by atoms with Gasteiger partial charge in [-0.05, 0) is 55.5 Å². The lowest BCUT2D eigenvalue weighted by Gasteiger charge is -2.02. The second-order valence-electron chi connectivity index (χ2n) is 4.66. The number of hydrogen-bond donors (Lipinski definition) is 0. The minimum Gasteiger partial charge on any atom is -0.494 e. The molecule has 0 aliphatic rings. The summed E-state index contributed by atoms with van der Waals surface area (Å²) in [6, 6.07) is 17.0. The van der Waals surface area contributed by atoms with E-state index < -0.39 is 0 Å². The van der Waals surface area contributed by atoms with Gasteiger partial charge in [-0.2, -0.15) is 5.26 Å². The van der Waals surface area contributed by atoms with Crippen LogP contribution in [0.4, 0.5) is 0 Å². The molecular weight excluding hydrogens is 276 g/mol. The summed E-state index contributed by atoms with van der Waals surface area (Å²) in [7, 11) is 0. The summed E-state index contributed by atoms with van der Waals surface area (Å²) in [4.78, 5) is 0. The van der Waals surface area contributed by atoms with E-state index in [9.17, 15) is 0 Å². The van der Waals surface area contributed by atoms with Gasteiger partial charge in [-0.15, -0.1) is 5.10 Å². The Balaban J connectivity index is 1.85. The van der Waals surface area contributed by atoms with Crippen LogP contribution in [0.1, 0.15) is 12.5 Å². The highest BCUT2D eigenvalue weighted by molar-refractivity contribution is 5.59. The van der Waals surface area contributed by atoms with Gasteiger partial charge < -0.3 is 4.74 Å². The summed E-state index contributed by atoms with van der Waals surface area (Å²) in [6.45, 7) is 2.60. The third-order valence-corrected chi connectivity index (χ3v) is 3.22. The molecule has 0 aliphatic carbocycles. The number of aromatic nitrogens is 3. The lowest BCUT2D eigenvalue weighted by atomic mass is 10.1. The molecule has 0 saturated heterocycles. The maximum absolute atomic E-state index is 8.82. The minimum atomic E-state index is 0.621. The fraction of sp³-hybridized carbons (Fsp3) is 0.118. The van der Waals surface area contributed by atoms with Gasteiger partial charge in [0.15, 0.2) is 0 Å². The molecule has 0 atom stereocenters. The zero-order valence-corrected chi connectivity index (χ0v) is 12.1. The lowest BCUT2D eigenvalue weighted by Crippen LogP contribution is -1.94. The van der Waals surface area contributed by atoms with E-state index in [1.165, 1.54) is 0 Å². The normalized spacial score (nSPS) is 10.2. The number of nitriles is 1. The number of nitrogens with zero attached hydrogens (tertiary/aromatic N) is 4. The van der Waals surface area contributed by atoms with Crippen molar-refractivity contribution < 1.29 is 4.74 Å². The highest BCUT2D eigenvalue weighted by atomic mass is 16.5. The summed E-state index contributed by atoms with van der Waals surface area (Å²) in [6.07, 6.45) is 1.86. The summed E-state index contributed by atoms with van der Waals surface area (Å²) >= 11 is 0. The maximum atomic E-state index is 8.82. The van der Waals surface area contributed by atoms with E-state index >= 15 is 0 Å². The zero-order chi connectivity index (χ0) is 15.4. The Hall–Kier alpha value is -3.13. The van der Waals surface area contributed by atoms with Crippen LogP contribution in [-0.4, -0.2) is 21.6 Å². The number of rotatable bonds is 4. The van der Waals surface area contributed by atoms with Crippen molar-refractivity contribution in [3.63, 3.8) is 0 Å². The third kappa shape index (κ3) is 2.81. The van der Waals surface area contributed by atoms with Crippen molar-refractivity contribution in [2.24, 2.45) is 0 Å². The number of hydrogen-bond acceptors (Lipinski definition) is 4. The molecule has 2 aromatic carbocycles. The molecule has 0 spiro atoms. The van der Waals surface area contributed by atoms with Crippen LogP contribution in [0.25, 0.3) is 16.9 Å². The first-order chi connectivity index (χ1) is 10.8. The van der Waals surface area contributed by atoms with Crippen LogP contribution >= 0.6 is 0 Å². The Morgan fingerprint density at radius 1 is 1.09 bits per heavy atom. The largest absolute Gasteiger partial charge is 0.494 e. The monoisotopic (exact) mass is 290 g/mol. The molecule has 0 unspecified atom stereocenters. The number of benzene rings is 2. The van der Waals surface area contributed by atoms with E-state index in [1.807, 2.05) is 49.5 Å². The van der Waals surface area contributed by atoms with Gasteiger partial charge in [0, 0.05) is 5.56 Å². The summed E-state index contributed by atoms with van der Waals surface area (Å²) < 4.78 is 7.11. The fourth-order valence-corrected chi connectivity index (χ4v) is 2.10. The molecule has 0 radical (unpaired) electrons. The van der Waals surface area contributed by atoms with Gasteiger partial charge in [0.1, 0.15) is 11.4 Å². The van der Waals surface area contributed by atoms with Crippen LogP contribution in [-0.2, 0) is 0 Å². The van der Waals surface area contributed by atoms with Crippen molar-refractivity contribution in [2.75, 3.05) is 6.61 Å².